The molecule has 6 heteroatoms. The molecule has 0 aliphatic rings. The van der Waals surface area contributed by atoms with Crippen molar-refractivity contribution < 1.29 is 19.1 Å². The van der Waals surface area contributed by atoms with E-state index in [1.807, 2.05) is 62.4 Å². The lowest BCUT2D eigenvalue weighted by Gasteiger charge is -2.17. The maximum absolute atomic E-state index is 12.3. The smallest absolute Gasteiger partial charge is 0.338 e. The van der Waals surface area contributed by atoms with Crippen LogP contribution in [0.15, 0.2) is 60.7 Å². The van der Waals surface area contributed by atoms with Gasteiger partial charge < -0.3 is 15.0 Å². The minimum Gasteiger partial charge on any atom is -0.452 e. The van der Waals surface area contributed by atoms with Gasteiger partial charge in [0.2, 0.25) is 5.91 Å². The highest BCUT2D eigenvalue weighted by Crippen LogP contribution is 2.17. The van der Waals surface area contributed by atoms with Crippen molar-refractivity contribution in [3.8, 4) is 0 Å². The molecule has 30 heavy (non-hydrogen) atoms. The summed E-state index contributed by atoms with van der Waals surface area (Å²) >= 11 is 0. The lowest BCUT2D eigenvalue weighted by Crippen LogP contribution is -2.37. The molecule has 2 amide bonds. The Balaban J connectivity index is 1.52. The first-order valence-electron chi connectivity index (χ1n) is 9.60. The van der Waals surface area contributed by atoms with Gasteiger partial charge in [-0.05, 0) is 53.9 Å². The monoisotopic (exact) mass is 404 g/mol. The number of likely N-dealkylation sites (N-methyl/N-ethyl adjacent to an activating group) is 1. The largest absolute Gasteiger partial charge is 0.452 e. The van der Waals surface area contributed by atoms with Gasteiger partial charge in [0.1, 0.15) is 0 Å². The van der Waals surface area contributed by atoms with Crippen LogP contribution in [-0.4, -0.2) is 42.9 Å². The van der Waals surface area contributed by atoms with E-state index in [0.29, 0.717) is 11.3 Å². The second-order valence-electron chi connectivity index (χ2n) is 7.25. The molecule has 0 saturated heterocycles. The average molecular weight is 404 g/mol. The Hall–Kier alpha value is -3.67. The van der Waals surface area contributed by atoms with E-state index in [2.05, 4.69) is 5.32 Å². The van der Waals surface area contributed by atoms with Crippen LogP contribution in [0.5, 0.6) is 0 Å². The molecule has 0 unspecified atom stereocenters. The highest BCUT2D eigenvalue weighted by molar-refractivity contribution is 5.97. The minimum atomic E-state index is -0.581. The van der Waals surface area contributed by atoms with Crippen LogP contribution in [-0.2, 0) is 14.3 Å². The van der Waals surface area contributed by atoms with Crippen LogP contribution in [0.1, 0.15) is 21.5 Å². The number of carbonyl (C=O) groups excluding carboxylic acids is 3. The maximum atomic E-state index is 12.3. The predicted octanol–water partition coefficient (Wildman–Crippen LogP) is 3.71. The molecule has 0 heterocycles. The molecule has 3 aromatic rings. The molecule has 0 spiro atoms. The summed E-state index contributed by atoms with van der Waals surface area (Å²) in [5.41, 5.74) is 3.05. The van der Waals surface area contributed by atoms with Gasteiger partial charge in [-0.15, -0.1) is 0 Å². The summed E-state index contributed by atoms with van der Waals surface area (Å²) in [6, 6.07) is 18.6. The van der Waals surface area contributed by atoms with Crippen LogP contribution in [0.2, 0.25) is 0 Å². The molecule has 154 valence electrons. The number of nitrogens with one attached hydrogen (secondary N) is 1. The number of hydrogen-bond acceptors (Lipinski definition) is 4. The molecule has 6 nitrogen and oxygen atoms in total. The normalized spacial score (nSPS) is 10.5. The lowest BCUT2D eigenvalue weighted by molar-refractivity contribution is -0.136. The molecule has 0 saturated carbocycles. The standard InChI is InChI=1S/C24H24N2O4/c1-16-8-9-17(2)21(12-16)25-22(27)14-26(3)23(28)15-30-24(29)20-11-10-18-6-4-5-7-19(18)13-20/h4-13H,14-15H2,1-3H3,(H,25,27). The minimum absolute atomic E-state index is 0.139. The zero-order valence-corrected chi connectivity index (χ0v) is 17.3. The van der Waals surface area contributed by atoms with Crippen LogP contribution in [0.25, 0.3) is 10.8 Å². The number of aryl methyl sites for hydroxylation is 2. The second kappa shape index (κ2) is 9.22. The molecule has 0 radical (unpaired) electrons. The van der Waals surface area contributed by atoms with Crippen molar-refractivity contribution in [2.75, 3.05) is 25.5 Å². The first kappa shape index (κ1) is 21.0. The van der Waals surface area contributed by atoms with Gasteiger partial charge in [0.25, 0.3) is 5.91 Å². The van der Waals surface area contributed by atoms with Crippen molar-refractivity contribution in [3.63, 3.8) is 0 Å². The van der Waals surface area contributed by atoms with Gasteiger partial charge in [0, 0.05) is 12.7 Å². The Morgan fingerprint density at radius 2 is 1.67 bits per heavy atom. The number of esters is 1. The van der Waals surface area contributed by atoms with Gasteiger partial charge >= 0.3 is 5.97 Å². The van der Waals surface area contributed by atoms with Gasteiger partial charge in [-0.1, -0.05) is 42.5 Å². The maximum Gasteiger partial charge on any atom is 0.338 e. The first-order chi connectivity index (χ1) is 14.3. The topological polar surface area (TPSA) is 75.7 Å². The fourth-order valence-corrected chi connectivity index (χ4v) is 3.00. The third kappa shape index (κ3) is 5.23. The number of nitrogens with zero attached hydrogens (tertiary/aromatic N) is 1. The summed E-state index contributed by atoms with van der Waals surface area (Å²) in [7, 11) is 1.49. The van der Waals surface area contributed by atoms with Crippen molar-refractivity contribution >= 4 is 34.2 Å². The van der Waals surface area contributed by atoms with Crippen LogP contribution in [0, 0.1) is 13.8 Å². The van der Waals surface area contributed by atoms with E-state index in [9.17, 15) is 14.4 Å². The summed E-state index contributed by atoms with van der Waals surface area (Å²) < 4.78 is 5.13. The molecule has 3 rings (SSSR count). The molecule has 0 bridgehead atoms. The van der Waals surface area contributed by atoms with Crippen molar-refractivity contribution in [1.29, 1.82) is 0 Å². The first-order valence-corrected chi connectivity index (χ1v) is 9.60. The van der Waals surface area contributed by atoms with E-state index in [0.717, 1.165) is 21.9 Å². The van der Waals surface area contributed by atoms with E-state index < -0.39 is 18.5 Å². The van der Waals surface area contributed by atoms with Crippen molar-refractivity contribution in [3.05, 3.63) is 77.4 Å². The molecule has 0 aromatic heterocycles. The zero-order valence-electron chi connectivity index (χ0n) is 17.3. The Labute approximate surface area is 175 Å². The third-order valence-electron chi connectivity index (χ3n) is 4.79. The molecule has 3 aromatic carbocycles. The quantitative estimate of drug-likeness (QED) is 0.636. The number of ether oxygens (including phenoxy) is 1. The number of anilines is 1. The highest BCUT2D eigenvalue weighted by Gasteiger charge is 2.17. The van der Waals surface area contributed by atoms with Crippen molar-refractivity contribution in [2.45, 2.75) is 13.8 Å². The molecule has 0 aliphatic carbocycles. The fraction of sp³-hybridized carbons (Fsp3) is 0.208. The molecular weight excluding hydrogens is 380 g/mol. The van der Waals surface area contributed by atoms with Crippen LogP contribution < -0.4 is 5.32 Å². The third-order valence-corrected chi connectivity index (χ3v) is 4.79. The Morgan fingerprint density at radius 3 is 2.43 bits per heavy atom. The van der Waals surface area contributed by atoms with Crippen LogP contribution >= 0.6 is 0 Å². The predicted molar refractivity (Wildman–Crippen MR) is 116 cm³/mol. The highest BCUT2D eigenvalue weighted by atomic mass is 16.5. The van der Waals surface area contributed by atoms with Gasteiger partial charge in [-0.2, -0.15) is 0 Å². The fourth-order valence-electron chi connectivity index (χ4n) is 3.00. The molecular formula is C24H24N2O4. The molecule has 0 fully saturated rings. The van der Waals surface area contributed by atoms with Gasteiger partial charge in [0.15, 0.2) is 6.61 Å². The molecule has 0 aliphatic heterocycles. The number of rotatable bonds is 6. The Bertz CT molecular complexity index is 1110. The van der Waals surface area contributed by atoms with Crippen LogP contribution in [0.3, 0.4) is 0 Å². The van der Waals surface area contributed by atoms with Gasteiger partial charge in [-0.3, -0.25) is 9.59 Å². The van der Waals surface area contributed by atoms with Crippen molar-refractivity contribution in [2.24, 2.45) is 0 Å². The number of hydrogen-bond donors (Lipinski definition) is 1. The lowest BCUT2D eigenvalue weighted by atomic mass is 10.1. The zero-order chi connectivity index (χ0) is 21.7. The average Bonchev–Trinajstić information content (AvgIpc) is 2.73. The number of amides is 2. The summed E-state index contributed by atoms with van der Waals surface area (Å²) in [6.07, 6.45) is 0. The molecule has 1 N–H and O–H groups in total. The van der Waals surface area contributed by atoms with E-state index in [-0.39, 0.29) is 12.5 Å². The van der Waals surface area contributed by atoms with E-state index in [4.69, 9.17) is 4.74 Å². The van der Waals surface area contributed by atoms with E-state index in [1.165, 1.54) is 11.9 Å². The molecule has 0 atom stereocenters. The summed E-state index contributed by atoms with van der Waals surface area (Å²) in [5, 5.41) is 4.73. The van der Waals surface area contributed by atoms with E-state index >= 15 is 0 Å². The summed E-state index contributed by atoms with van der Waals surface area (Å²) in [4.78, 5) is 38.0. The van der Waals surface area contributed by atoms with E-state index in [1.54, 1.807) is 12.1 Å². The number of carbonyl (C=O) groups is 3. The summed E-state index contributed by atoms with van der Waals surface area (Å²) in [6.45, 7) is 3.27. The van der Waals surface area contributed by atoms with Gasteiger partial charge in [-0.25, -0.2) is 4.79 Å². The Morgan fingerprint density at radius 1 is 0.933 bits per heavy atom. The summed E-state index contributed by atoms with van der Waals surface area (Å²) in [5.74, 6) is -1.36. The Kier molecular flexibility index (Phi) is 6.47. The van der Waals surface area contributed by atoms with Crippen molar-refractivity contribution in [1.82, 2.24) is 4.90 Å². The SMILES string of the molecule is Cc1ccc(C)c(NC(=O)CN(C)C(=O)COC(=O)c2ccc3ccccc3c2)c1. The second-order valence-corrected chi connectivity index (χ2v) is 7.25. The number of benzene rings is 3. The number of fused-ring (bicyclic) bond motifs is 1. The van der Waals surface area contributed by atoms with Gasteiger partial charge in [0.05, 0.1) is 12.1 Å². The van der Waals surface area contributed by atoms with Crippen LogP contribution in [0.4, 0.5) is 5.69 Å².